The van der Waals surface area contributed by atoms with E-state index in [1.165, 1.54) is 12.3 Å². The molecule has 4 nitrogen and oxygen atoms in total. The predicted octanol–water partition coefficient (Wildman–Crippen LogP) is 1.81. The minimum Gasteiger partial charge on any atom is -0.506 e. The zero-order chi connectivity index (χ0) is 10.3. The Morgan fingerprint density at radius 1 is 1.64 bits per heavy atom. The summed E-state index contributed by atoms with van der Waals surface area (Å²) in [5, 5.41) is 21.3. The van der Waals surface area contributed by atoms with Gasteiger partial charge < -0.3 is 5.11 Å². The van der Waals surface area contributed by atoms with Crippen molar-refractivity contribution in [2.75, 3.05) is 0 Å². The lowest BCUT2D eigenvalue weighted by molar-refractivity contribution is 0.469. The molecule has 0 aliphatic carbocycles. The zero-order valence-electron chi connectivity index (χ0n) is 6.70. The molecule has 0 amide bonds. The first kappa shape index (κ1) is 8.97. The molecule has 0 aromatic carbocycles. The Morgan fingerprint density at radius 3 is 3.00 bits per heavy atom. The smallest absolute Gasteiger partial charge is 0.251 e. The van der Waals surface area contributed by atoms with Crippen LogP contribution in [0.4, 0.5) is 4.39 Å². The molecule has 1 N–H and O–H groups in total. The second-order valence-corrected chi connectivity index (χ2v) is 3.47. The fourth-order valence-electron chi connectivity index (χ4n) is 1.19. The number of aromatic nitrogens is 2. The van der Waals surface area contributed by atoms with Crippen molar-refractivity contribution in [2.45, 2.75) is 0 Å². The van der Waals surface area contributed by atoms with Crippen molar-refractivity contribution in [3.8, 4) is 11.8 Å². The van der Waals surface area contributed by atoms with E-state index in [9.17, 15) is 9.50 Å². The first-order chi connectivity index (χ1) is 6.63. The molecular weight excluding hydrogens is 253 g/mol. The fourth-order valence-corrected chi connectivity index (χ4v) is 1.80. The second kappa shape index (κ2) is 2.96. The predicted molar refractivity (Wildman–Crippen MR) is 49.2 cm³/mol. The molecular formula is C8H3BrFN3O. The number of fused-ring (bicyclic) bond motifs is 1. The van der Waals surface area contributed by atoms with Gasteiger partial charge in [-0.2, -0.15) is 9.65 Å². The summed E-state index contributed by atoms with van der Waals surface area (Å²) in [6, 6.07) is 3.08. The Hall–Kier alpha value is -1.61. The lowest BCUT2D eigenvalue weighted by Gasteiger charge is -1.97. The van der Waals surface area contributed by atoms with Crippen molar-refractivity contribution in [1.82, 2.24) is 9.61 Å². The second-order valence-electron chi connectivity index (χ2n) is 2.62. The van der Waals surface area contributed by atoms with Crippen molar-refractivity contribution in [3.05, 3.63) is 28.2 Å². The molecule has 0 aliphatic heterocycles. The van der Waals surface area contributed by atoms with Crippen LogP contribution in [-0.2, 0) is 0 Å². The highest BCUT2D eigenvalue weighted by atomic mass is 79.9. The molecule has 0 atom stereocenters. The first-order valence-corrected chi connectivity index (χ1v) is 4.39. The highest BCUT2D eigenvalue weighted by molar-refractivity contribution is 9.10. The maximum absolute atomic E-state index is 13.1. The maximum Gasteiger partial charge on any atom is 0.251 e. The van der Waals surface area contributed by atoms with Gasteiger partial charge in [-0.1, -0.05) is 0 Å². The molecule has 0 saturated carbocycles. The molecule has 0 bridgehead atoms. The van der Waals surface area contributed by atoms with E-state index in [1.807, 2.05) is 0 Å². The van der Waals surface area contributed by atoms with E-state index in [2.05, 4.69) is 21.0 Å². The third-order valence-corrected chi connectivity index (χ3v) is 2.34. The monoisotopic (exact) mass is 255 g/mol. The van der Waals surface area contributed by atoms with E-state index in [-0.39, 0.29) is 11.3 Å². The van der Waals surface area contributed by atoms with Crippen molar-refractivity contribution in [3.63, 3.8) is 0 Å². The van der Waals surface area contributed by atoms with E-state index >= 15 is 0 Å². The number of pyridine rings is 1. The third-order valence-electron chi connectivity index (χ3n) is 1.73. The largest absolute Gasteiger partial charge is 0.506 e. The number of hydrogen-bond acceptors (Lipinski definition) is 3. The summed E-state index contributed by atoms with van der Waals surface area (Å²) in [6.07, 6.45) is 1.23. The number of nitriles is 1. The van der Waals surface area contributed by atoms with Gasteiger partial charge in [0.15, 0.2) is 0 Å². The van der Waals surface area contributed by atoms with Crippen molar-refractivity contribution in [2.24, 2.45) is 0 Å². The molecule has 0 aliphatic rings. The topological polar surface area (TPSA) is 61.3 Å². The van der Waals surface area contributed by atoms with E-state index in [0.717, 1.165) is 4.52 Å². The van der Waals surface area contributed by atoms with Crippen LogP contribution >= 0.6 is 15.9 Å². The van der Waals surface area contributed by atoms with E-state index in [4.69, 9.17) is 5.26 Å². The average Bonchev–Trinajstić information content (AvgIpc) is 2.40. The molecule has 6 heteroatoms. The minimum absolute atomic E-state index is 0.0589. The van der Waals surface area contributed by atoms with Crippen LogP contribution in [0.2, 0.25) is 0 Å². The molecule has 0 spiro atoms. The van der Waals surface area contributed by atoms with Crippen LogP contribution in [0.3, 0.4) is 0 Å². The summed E-state index contributed by atoms with van der Waals surface area (Å²) >= 11 is 3.11. The molecule has 2 aromatic rings. The summed E-state index contributed by atoms with van der Waals surface area (Å²) in [7, 11) is 0. The molecule has 2 heterocycles. The Bertz CT molecular complexity index is 558. The Labute approximate surface area is 86.3 Å². The minimum atomic E-state index is -0.848. The number of halogens is 2. The summed E-state index contributed by atoms with van der Waals surface area (Å²) < 4.78 is 14.6. The number of hydrogen-bond donors (Lipinski definition) is 1. The third kappa shape index (κ3) is 1.14. The molecule has 2 aromatic heterocycles. The quantitative estimate of drug-likeness (QED) is 0.781. The number of rotatable bonds is 0. The van der Waals surface area contributed by atoms with Gasteiger partial charge in [-0.3, -0.25) is 0 Å². The zero-order valence-corrected chi connectivity index (χ0v) is 8.29. The first-order valence-electron chi connectivity index (χ1n) is 3.60. The maximum atomic E-state index is 13.1. The van der Waals surface area contributed by atoms with Gasteiger partial charge in [-0.25, -0.2) is 4.52 Å². The van der Waals surface area contributed by atoms with Crippen LogP contribution in [0.15, 0.2) is 16.7 Å². The molecule has 70 valence electrons. The molecule has 0 saturated heterocycles. The van der Waals surface area contributed by atoms with Crippen LogP contribution in [-0.4, -0.2) is 14.7 Å². The standard InChI is InChI=1S/C8H3BrFN3O/c9-6-1-4(14)3-13-7(6)5(2-11)8(10)12-13/h1,3,14H. The van der Waals surface area contributed by atoms with Crippen LogP contribution in [0.5, 0.6) is 5.75 Å². The SMILES string of the molecule is N#Cc1c(F)nn2cc(O)cc(Br)c12. The van der Waals surface area contributed by atoms with Gasteiger partial charge >= 0.3 is 0 Å². The average molecular weight is 256 g/mol. The van der Waals surface area contributed by atoms with E-state index in [1.54, 1.807) is 6.07 Å². The fraction of sp³-hybridized carbons (Fsp3) is 0. The Morgan fingerprint density at radius 2 is 2.36 bits per heavy atom. The number of nitrogens with zero attached hydrogens (tertiary/aromatic N) is 3. The van der Waals surface area contributed by atoms with Gasteiger partial charge in [0, 0.05) is 4.47 Å². The molecule has 2 rings (SSSR count). The van der Waals surface area contributed by atoms with Crippen molar-refractivity contribution >= 4 is 21.4 Å². The highest BCUT2D eigenvalue weighted by Gasteiger charge is 2.15. The van der Waals surface area contributed by atoms with Crippen LogP contribution in [0.1, 0.15) is 5.56 Å². The molecule has 0 unspecified atom stereocenters. The Kier molecular flexibility index (Phi) is 1.89. The van der Waals surface area contributed by atoms with Crippen molar-refractivity contribution < 1.29 is 9.50 Å². The lowest BCUT2D eigenvalue weighted by Crippen LogP contribution is -1.87. The highest BCUT2D eigenvalue weighted by Crippen LogP contribution is 2.26. The Balaban J connectivity index is 2.97. The van der Waals surface area contributed by atoms with Crippen LogP contribution in [0, 0.1) is 17.3 Å². The molecule has 0 fully saturated rings. The van der Waals surface area contributed by atoms with E-state index < -0.39 is 5.95 Å². The van der Waals surface area contributed by atoms with E-state index in [0.29, 0.717) is 9.99 Å². The summed E-state index contributed by atoms with van der Waals surface area (Å²) in [5.74, 6) is -0.907. The summed E-state index contributed by atoms with van der Waals surface area (Å²) in [5.41, 5.74) is 0.166. The van der Waals surface area contributed by atoms with Crippen LogP contribution < -0.4 is 0 Å². The van der Waals surface area contributed by atoms with Gasteiger partial charge in [0.25, 0.3) is 5.95 Å². The van der Waals surface area contributed by atoms with Gasteiger partial charge in [0.05, 0.1) is 6.20 Å². The van der Waals surface area contributed by atoms with Crippen molar-refractivity contribution in [1.29, 1.82) is 5.26 Å². The summed E-state index contributed by atoms with van der Waals surface area (Å²) in [4.78, 5) is 0. The normalized spacial score (nSPS) is 10.4. The van der Waals surface area contributed by atoms with Gasteiger partial charge in [0.2, 0.25) is 0 Å². The van der Waals surface area contributed by atoms with Crippen LogP contribution in [0.25, 0.3) is 5.52 Å². The molecule has 0 radical (unpaired) electrons. The lowest BCUT2D eigenvalue weighted by atomic mass is 10.3. The van der Waals surface area contributed by atoms with Gasteiger partial charge in [0.1, 0.15) is 22.9 Å². The molecule has 14 heavy (non-hydrogen) atoms. The van der Waals surface area contributed by atoms with Gasteiger partial charge in [-0.05, 0) is 22.0 Å². The summed E-state index contributed by atoms with van der Waals surface area (Å²) in [6.45, 7) is 0. The number of aromatic hydroxyl groups is 1. The van der Waals surface area contributed by atoms with Gasteiger partial charge in [-0.15, -0.1) is 5.10 Å².